The molecule has 0 spiro atoms. The number of benzene rings is 1. The van der Waals surface area contributed by atoms with Gasteiger partial charge in [-0.25, -0.2) is 9.59 Å². The minimum Gasteiger partial charge on any atom is -0.478 e. The molecule has 0 amide bonds. The number of carboxylic acids is 2. The Morgan fingerprint density at radius 3 is 1.55 bits per heavy atom. The Kier molecular flexibility index (Phi) is 4.11. The highest BCUT2D eigenvalue weighted by Gasteiger charge is 2.40. The van der Waals surface area contributed by atoms with Crippen molar-refractivity contribution in [3.05, 3.63) is 41.4 Å². The maximum Gasteiger partial charge on any atom is 0.343 e. The van der Waals surface area contributed by atoms with Gasteiger partial charge in [0.05, 0.1) is 9.85 Å². The number of hydrogen-bond donors (Lipinski definition) is 2. The van der Waals surface area contributed by atoms with E-state index in [1.165, 1.54) is 0 Å². The first-order valence-corrected chi connectivity index (χ1v) is 5.17. The van der Waals surface area contributed by atoms with Gasteiger partial charge in [-0.1, -0.05) is 23.2 Å². The molecule has 0 bridgehead atoms. The van der Waals surface area contributed by atoms with E-state index in [1.807, 2.05) is 0 Å². The summed E-state index contributed by atoms with van der Waals surface area (Å²) < 4.78 is 0. The molecule has 0 fully saturated rings. The Morgan fingerprint density at radius 1 is 0.850 bits per heavy atom. The van der Waals surface area contributed by atoms with Crippen molar-refractivity contribution < 1.29 is 29.6 Å². The Hall–Kier alpha value is -2.46. The zero-order valence-corrected chi connectivity index (χ0v) is 10.5. The lowest BCUT2D eigenvalue weighted by Gasteiger charge is -2.07. The molecule has 0 aliphatic rings. The fourth-order valence-electron chi connectivity index (χ4n) is 1.41. The Balaban J connectivity index is 4.12. The van der Waals surface area contributed by atoms with Gasteiger partial charge in [0.15, 0.2) is 10.6 Å². The number of halogens is 2. The molecule has 0 saturated carbocycles. The van der Waals surface area contributed by atoms with Gasteiger partial charge in [0.2, 0.25) is 0 Å². The maximum atomic E-state index is 11.0. The van der Waals surface area contributed by atoms with Crippen LogP contribution in [0.25, 0.3) is 0 Å². The molecule has 20 heavy (non-hydrogen) atoms. The minimum absolute atomic E-state index is 1.10. The molecule has 0 aromatic heterocycles. The Morgan fingerprint density at radius 2 is 1.25 bits per heavy atom. The monoisotopic (exact) mass is 324 g/mol. The lowest BCUT2D eigenvalue weighted by atomic mass is 10.0. The van der Waals surface area contributed by atoms with Gasteiger partial charge < -0.3 is 10.2 Å². The first kappa shape index (κ1) is 15.6. The third-order valence-corrected chi connectivity index (χ3v) is 2.85. The van der Waals surface area contributed by atoms with Gasteiger partial charge in [0.1, 0.15) is 10.6 Å². The van der Waals surface area contributed by atoms with Crippen molar-refractivity contribution in [1.29, 1.82) is 0 Å². The molecule has 1 aromatic carbocycles. The van der Waals surface area contributed by atoms with Gasteiger partial charge in [-0.2, -0.15) is 0 Å². The van der Waals surface area contributed by atoms with Gasteiger partial charge in [-0.3, -0.25) is 20.2 Å². The summed E-state index contributed by atoms with van der Waals surface area (Å²) in [5, 5.41) is 37.0. The number of hydrogen-bond acceptors (Lipinski definition) is 6. The average molecular weight is 325 g/mol. The van der Waals surface area contributed by atoms with Crippen molar-refractivity contribution in [2.45, 2.75) is 0 Å². The largest absolute Gasteiger partial charge is 0.478 e. The van der Waals surface area contributed by atoms with Crippen LogP contribution in [0.2, 0.25) is 10.0 Å². The van der Waals surface area contributed by atoms with Crippen LogP contribution in [-0.4, -0.2) is 32.0 Å². The smallest absolute Gasteiger partial charge is 0.343 e. The predicted octanol–water partition coefficient (Wildman–Crippen LogP) is 2.21. The summed E-state index contributed by atoms with van der Waals surface area (Å²) in [6, 6.07) is 0. The fourth-order valence-corrected chi connectivity index (χ4v) is 2.12. The molecule has 2 N–H and O–H groups in total. The third-order valence-electron chi connectivity index (χ3n) is 2.12. The summed E-state index contributed by atoms with van der Waals surface area (Å²) >= 11 is 10.8. The molecule has 0 heterocycles. The molecule has 0 saturated heterocycles. The number of aromatic carboxylic acids is 2. The molecule has 0 atom stereocenters. The zero-order chi connectivity index (χ0) is 15.8. The van der Waals surface area contributed by atoms with Gasteiger partial charge in [-0.15, -0.1) is 0 Å². The van der Waals surface area contributed by atoms with Crippen molar-refractivity contribution in [3.63, 3.8) is 0 Å². The van der Waals surface area contributed by atoms with E-state index in [9.17, 15) is 29.8 Å². The van der Waals surface area contributed by atoms with E-state index in [1.54, 1.807) is 0 Å². The summed E-state index contributed by atoms with van der Waals surface area (Å²) in [7, 11) is 0. The number of nitro benzene ring substituents is 2. The molecule has 1 rings (SSSR count). The first-order valence-electron chi connectivity index (χ1n) is 4.41. The fraction of sp³-hybridized carbons (Fsp3) is 0. The van der Waals surface area contributed by atoms with E-state index in [0.29, 0.717) is 0 Å². The van der Waals surface area contributed by atoms with Crippen LogP contribution in [-0.2, 0) is 0 Å². The van der Waals surface area contributed by atoms with Crippen molar-refractivity contribution in [2.75, 3.05) is 0 Å². The quantitative estimate of drug-likeness (QED) is 0.629. The van der Waals surface area contributed by atoms with Crippen LogP contribution in [0.4, 0.5) is 11.4 Å². The van der Waals surface area contributed by atoms with Crippen LogP contribution in [0.3, 0.4) is 0 Å². The molecule has 12 heteroatoms. The van der Waals surface area contributed by atoms with Crippen molar-refractivity contribution >= 4 is 46.5 Å². The van der Waals surface area contributed by atoms with E-state index in [4.69, 9.17) is 33.4 Å². The molecular formula is C8H2Cl2N2O8. The molecule has 1 aromatic rings. The van der Waals surface area contributed by atoms with Gasteiger partial charge in [0, 0.05) is 0 Å². The lowest BCUT2D eigenvalue weighted by molar-refractivity contribution is -0.394. The van der Waals surface area contributed by atoms with Crippen LogP contribution in [0, 0.1) is 20.2 Å². The molecule has 106 valence electrons. The van der Waals surface area contributed by atoms with Crippen LogP contribution in [0.1, 0.15) is 20.7 Å². The van der Waals surface area contributed by atoms with Crippen LogP contribution in [0.15, 0.2) is 0 Å². The minimum atomic E-state index is -2.01. The van der Waals surface area contributed by atoms with Crippen LogP contribution >= 0.6 is 23.2 Å². The molecule has 0 unspecified atom stereocenters. The van der Waals surface area contributed by atoms with Gasteiger partial charge >= 0.3 is 23.3 Å². The molecular weight excluding hydrogens is 323 g/mol. The van der Waals surface area contributed by atoms with Gasteiger partial charge in [-0.05, 0) is 0 Å². The number of nitrogens with zero attached hydrogens (tertiary/aromatic N) is 2. The highest BCUT2D eigenvalue weighted by Crippen LogP contribution is 2.44. The number of nitro groups is 2. The lowest BCUT2D eigenvalue weighted by Crippen LogP contribution is -2.14. The van der Waals surface area contributed by atoms with Crippen LogP contribution in [0.5, 0.6) is 0 Å². The molecule has 0 aliphatic carbocycles. The number of rotatable bonds is 4. The summed E-state index contributed by atoms with van der Waals surface area (Å²) in [6.45, 7) is 0. The van der Waals surface area contributed by atoms with Crippen LogP contribution < -0.4 is 0 Å². The third kappa shape index (κ3) is 2.33. The highest BCUT2D eigenvalue weighted by atomic mass is 35.5. The summed E-state index contributed by atoms with van der Waals surface area (Å²) in [5.41, 5.74) is -5.26. The second kappa shape index (κ2) is 5.27. The SMILES string of the molecule is O=C(O)c1c(Cl)c([N+](=O)[O-])c(Cl)c([N+](=O)[O-])c1C(=O)O. The highest BCUT2D eigenvalue weighted by molar-refractivity contribution is 6.42. The van der Waals surface area contributed by atoms with E-state index in [2.05, 4.69) is 0 Å². The van der Waals surface area contributed by atoms with Gasteiger partial charge in [0.25, 0.3) is 0 Å². The maximum absolute atomic E-state index is 11.0. The Labute approximate surface area is 118 Å². The molecule has 0 radical (unpaired) electrons. The predicted molar refractivity (Wildman–Crippen MR) is 63.7 cm³/mol. The average Bonchev–Trinajstić information content (AvgIpc) is 2.25. The van der Waals surface area contributed by atoms with Crippen molar-refractivity contribution in [1.82, 2.24) is 0 Å². The van der Waals surface area contributed by atoms with E-state index >= 15 is 0 Å². The summed E-state index contributed by atoms with van der Waals surface area (Å²) in [4.78, 5) is 40.9. The normalized spacial score (nSPS) is 10.1. The summed E-state index contributed by atoms with van der Waals surface area (Å²) in [6.07, 6.45) is 0. The van der Waals surface area contributed by atoms with E-state index in [0.717, 1.165) is 0 Å². The standard InChI is InChI=1S/C8H2Cl2N2O8/c9-3-1(7(13)14)2(8(15)16)5(11(17)18)4(10)6(3)12(19)20/h(H,13,14)(H,15,16). The summed E-state index contributed by atoms with van der Waals surface area (Å²) in [5.74, 6) is -3.98. The zero-order valence-electron chi connectivity index (χ0n) is 8.99. The molecule has 10 nitrogen and oxygen atoms in total. The Bertz CT molecular complexity index is 630. The number of carbonyl (C=O) groups is 2. The number of carboxylic acid groups (broad SMARTS) is 2. The van der Waals surface area contributed by atoms with Crippen molar-refractivity contribution in [3.8, 4) is 0 Å². The second-order valence-corrected chi connectivity index (χ2v) is 3.96. The second-order valence-electron chi connectivity index (χ2n) is 3.20. The van der Waals surface area contributed by atoms with E-state index < -0.39 is 54.3 Å². The molecule has 0 aliphatic heterocycles. The first-order chi connectivity index (χ1) is 9.11. The topological polar surface area (TPSA) is 161 Å². The van der Waals surface area contributed by atoms with E-state index in [-0.39, 0.29) is 0 Å². The van der Waals surface area contributed by atoms with Crippen molar-refractivity contribution in [2.24, 2.45) is 0 Å².